The Morgan fingerprint density at radius 3 is 1.32 bits per heavy atom. The highest BCUT2D eigenvalue weighted by atomic mass is 16.4. The van der Waals surface area contributed by atoms with E-state index in [1.54, 1.807) is 0 Å². The van der Waals surface area contributed by atoms with Crippen LogP contribution in [0.25, 0.3) is 0 Å². The predicted molar refractivity (Wildman–Crippen MR) is 138 cm³/mol. The number of aliphatic carboxylic acids is 1. The van der Waals surface area contributed by atoms with Gasteiger partial charge in [0.1, 0.15) is 0 Å². The van der Waals surface area contributed by atoms with E-state index in [0.717, 1.165) is 32.4 Å². The van der Waals surface area contributed by atoms with Crippen molar-refractivity contribution in [3.05, 3.63) is 0 Å². The van der Waals surface area contributed by atoms with Gasteiger partial charge in [0.2, 0.25) is 0 Å². The van der Waals surface area contributed by atoms with Gasteiger partial charge in [0.15, 0.2) is 0 Å². The lowest BCUT2D eigenvalue weighted by Crippen LogP contribution is -2.19. The summed E-state index contributed by atoms with van der Waals surface area (Å²) in [7, 11) is 0. The van der Waals surface area contributed by atoms with Gasteiger partial charge in [-0.15, -0.1) is 0 Å². The third kappa shape index (κ3) is 37.1. The largest absolute Gasteiger partial charge is 0.481 e. The number of carbonyl (C=O) groups is 1. The highest BCUT2D eigenvalue weighted by Gasteiger charge is 1.95. The summed E-state index contributed by atoms with van der Waals surface area (Å²) < 4.78 is 0. The van der Waals surface area contributed by atoms with Crippen LogP contribution in [0.2, 0.25) is 0 Å². The SMILES string of the molecule is CCCCCCCC(=O)O.CCCCCCCCCCCCCCCCNCCCN. The molecule has 0 radical (unpaired) electrons. The lowest BCUT2D eigenvalue weighted by molar-refractivity contribution is -0.137. The lowest BCUT2D eigenvalue weighted by atomic mass is 10.0. The minimum atomic E-state index is -0.670. The molecule has 0 heterocycles. The Bertz CT molecular complexity index is 306. The molecule has 0 spiro atoms. The van der Waals surface area contributed by atoms with E-state index in [-0.39, 0.29) is 0 Å². The van der Waals surface area contributed by atoms with E-state index >= 15 is 0 Å². The standard InChI is InChI=1S/C19H42N2.C8H16O2/c1-2-3-4-5-6-7-8-9-10-11-12-13-14-15-18-21-19-16-17-20;1-2-3-4-5-6-7-8(9)10/h21H,2-20H2,1H3;2-7H2,1H3,(H,9,10). The molecule has 188 valence electrons. The van der Waals surface area contributed by atoms with Crippen molar-refractivity contribution < 1.29 is 9.90 Å². The van der Waals surface area contributed by atoms with Crippen LogP contribution in [0, 0.1) is 0 Å². The van der Waals surface area contributed by atoms with E-state index in [4.69, 9.17) is 10.8 Å². The van der Waals surface area contributed by atoms with Gasteiger partial charge in [0, 0.05) is 6.42 Å². The average Bonchev–Trinajstić information content (AvgIpc) is 2.76. The van der Waals surface area contributed by atoms with Gasteiger partial charge in [-0.1, -0.05) is 123 Å². The molecule has 0 aliphatic rings. The molecule has 0 saturated heterocycles. The quantitative estimate of drug-likeness (QED) is 0.133. The minimum Gasteiger partial charge on any atom is -0.481 e. The fourth-order valence-electron chi connectivity index (χ4n) is 3.68. The second-order valence-electron chi connectivity index (χ2n) is 9.05. The zero-order valence-corrected chi connectivity index (χ0v) is 21.4. The number of hydrogen-bond acceptors (Lipinski definition) is 3. The molecule has 31 heavy (non-hydrogen) atoms. The molecule has 4 N–H and O–H groups in total. The normalized spacial score (nSPS) is 10.7. The van der Waals surface area contributed by atoms with Gasteiger partial charge >= 0.3 is 5.97 Å². The van der Waals surface area contributed by atoms with Crippen LogP contribution in [0.4, 0.5) is 0 Å². The number of nitrogens with one attached hydrogen (secondary N) is 1. The van der Waals surface area contributed by atoms with E-state index in [0.29, 0.717) is 6.42 Å². The summed E-state index contributed by atoms with van der Waals surface area (Å²) in [5.74, 6) is -0.670. The second kappa shape index (κ2) is 31.6. The smallest absolute Gasteiger partial charge is 0.303 e. The van der Waals surface area contributed by atoms with Crippen LogP contribution in [0.5, 0.6) is 0 Å². The maximum atomic E-state index is 10.0. The Morgan fingerprint density at radius 1 is 0.581 bits per heavy atom. The molecular formula is C27H58N2O2. The molecule has 0 bridgehead atoms. The predicted octanol–water partition coefficient (Wildman–Crippen LogP) is 7.84. The van der Waals surface area contributed by atoms with Crippen LogP contribution < -0.4 is 11.1 Å². The highest BCUT2D eigenvalue weighted by Crippen LogP contribution is 2.12. The zero-order chi connectivity index (χ0) is 23.3. The number of rotatable bonds is 24. The van der Waals surface area contributed by atoms with E-state index in [2.05, 4.69) is 19.2 Å². The number of carboxylic acids is 1. The van der Waals surface area contributed by atoms with Crippen molar-refractivity contribution >= 4 is 5.97 Å². The Balaban J connectivity index is 0. The molecule has 0 aromatic heterocycles. The summed E-state index contributed by atoms with van der Waals surface area (Å²) in [5.41, 5.74) is 5.45. The highest BCUT2D eigenvalue weighted by molar-refractivity contribution is 5.66. The minimum absolute atomic E-state index is 0.337. The summed E-state index contributed by atoms with van der Waals surface area (Å²) in [4.78, 5) is 10.0. The zero-order valence-electron chi connectivity index (χ0n) is 21.4. The van der Waals surface area contributed by atoms with Gasteiger partial charge < -0.3 is 16.2 Å². The van der Waals surface area contributed by atoms with Gasteiger partial charge in [0.05, 0.1) is 0 Å². The van der Waals surface area contributed by atoms with Crippen LogP contribution in [0.1, 0.15) is 149 Å². The summed E-state index contributed by atoms with van der Waals surface area (Å²) in [6.07, 6.45) is 27.1. The molecule has 0 rings (SSSR count). The monoisotopic (exact) mass is 442 g/mol. The van der Waals surface area contributed by atoms with Crippen LogP contribution in [0.15, 0.2) is 0 Å². The topological polar surface area (TPSA) is 75.3 Å². The van der Waals surface area contributed by atoms with Crippen LogP contribution >= 0.6 is 0 Å². The Hall–Kier alpha value is -0.610. The van der Waals surface area contributed by atoms with E-state index in [1.807, 2.05) is 0 Å². The van der Waals surface area contributed by atoms with Gasteiger partial charge in [0.25, 0.3) is 0 Å². The fraction of sp³-hybridized carbons (Fsp3) is 0.963. The van der Waals surface area contributed by atoms with Crippen molar-refractivity contribution in [3.8, 4) is 0 Å². The first-order valence-corrected chi connectivity index (χ1v) is 13.8. The molecule has 0 fully saturated rings. The van der Waals surface area contributed by atoms with Crippen LogP contribution in [-0.2, 0) is 4.79 Å². The molecule has 0 aliphatic heterocycles. The molecule has 0 amide bonds. The molecule has 0 aromatic rings. The first kappa shape index (κ1) is 32.6. The molecule has 0 unspecified atom stereocenters. The fourth-order valence-corrected chi connectivity index (χ4v) is 3.68. The van der Waals surface area contributed by atoms with Gasteiger partial charge in [-0.3, -0.25) is 4.79 Å². The van der Waals surface area contributed by atoms with Crippen molar-refractivity contribution in [2.75, 3.05) is 19.6 Å². The molecule has 4 nitrogen and oxygen atoms in total. The van der Waals surface area contributed by atoms with Crippen molar-refractivity contribution in [2.45, 2.75) is 149 Å². The third-order valence-electron chi connectivity index (χ3n) is 5.76. The summed E-state index contributed by atoms with van der Waals surface area (Å²) in [5, 5.41) is 11.7. The molecule has 0 aromatic carbocycles. The number of carboxylic acid groups (broad SMARTS) is 1. The molecule has 0 saturated carbocycles. The van der Waals surface area contributed by atoms with E-state index in [1.165, 1.54) is 116 Å². The van der Waals surface area contributed by atoms with Gasteiger partial charge in [-0.05, 0) is 38.9 Å². The Morgan fingerprint density at radius 2 is 0.935 bits per heavy atom. The van der Waals surface area contributed by atoms with Crippen molar-refractivity contribution in [1.82, 2.24) is 5.32 Å². The molecule has 0 atom stereocenters. The average molecular weight is 443 g/mol. The first-order valence-electron chi connectivity index (χ1n) is 13.8. The van der Waals surface area contributed by atoms with Crippen molar-refractivity contribution in [2.24, 2.45) is 5.73 Å². The lowest BCUT2D eigenvalue weighted by Gasteiger charge is -2.04. The Kier molecular flexibility index (Phi) is 33.2. The van der Waals surface area contributed by atoms with E-state index in [9.17, 15) is 4.79 Å². The van der Waals surface area contributed by atoms with Crippen molar-refractivity contribution in [1.29, 1.82) is 0 Å². The maximum absolute atomic E-state index is 10.0. The summed E-state index contributed by atoms with van der Waals surface area (Å²) in [6, 6.07) is 0. The first-order chi connectivity index (χ1) is 15.2. The van der Waals surface area contributed by atoms with Crippen LogP contribution in [0.3, 0.4) is 0 Å². The third-order valence-corrected chi connectivity index (χ3v) is 5.76. The molecule has 0 aliphatic carbocycles. The van der Waals surface area contributed by atoms with Crippen LogP contribution in [-0.4, -0.2) is 30.7 Å². The maximum Gasteiger partial charge on any atom is 0.303 e. The van der Waals surface area contributed by atoms with Gasteiger partial charge in [-0.25, -0.2) is 0 Å². The molecular weight excluding hydrogens is 384 g/mol. The van der Waals surface area contributed by atoms with Gasteiger partial charge in [-0.2, -0.15) is 0 Å². The molecule has 4 heteroatoms. The number of hydrogen-bond donors (Lipinski definition) is 3. The summed E-state index contributed by atoms with van der Waals surface area (Å²) >= 11 is 0. The van der Waals surface area contributed by atoms with Crippen molar-refractivity contribution in [3.63, 3.8) is 0 Å². The number of nitrogens with two attached hydrogens (primary N) is 1. The van der Waals surface area contributed by atoms with E-state index < -0.39 is 5.97 Å². The Labute approximate surface area is 195 Å². The summed E-state index contributed by atoms with van der Waals surface area (Å²) in [6.45, 7) is 7.52. The second-order valence-corrected chi connectivity index (χ2v) is 9.05. The number of unbranched alkanes of at least 4 members (excludes halogenated alkanes) is 17.